The Morgan fingerprint density at radius 2 is 1.79 bits per heavy atom. The molecule has 1 saturated heterocycles. The molecule has 1 saturated carbocycles. The van der Waals surface area contributed by atoms with Gasteiger partial charge in [-0.3, -0.25) is 0 Å². The lowest BCUT2D eigenvalue weighted by Gasteiger charge is -2.43. The van der Waals surface area contributed by atoms with E-state index in [0.717, 1.165) is 80.3 Å². The van der Waals surface area contributed by atoms with Gasteiger partial charge < -0.3 is 24.7 Å². The van der Waals surface area contributed by atoms with E-state index in [1.807, 2.05) is 32.7 Å². The van der Waals surface area contributed by atoms with E-state index in [2.05, 4.69) is 30.6 Å². The first-order valence-electron chi connectivity index (χ1n) is 13.9. The van der Waals surface area contributed by atoms with Crippen molar-refractivity contribution in [3.05, 3.63) is 30.5 Å². The second-order valence-electron chi connectivity index (χ2n) is 12.2. The summed E-state index contributed by atoms with van der Waals surface area (Å²) < 4.78 is 13.6. The maximum absolute atomic E-state index is 12.6. The molecule has 1 aliphatic heterocycles. The minimum absolute atomic E-state index is 0.198. The second-order valence-corrected chi connectivity index (χ2v) is 12.2. The molecule has 0 radical (unpaired) electrons. The van der Waals surface area contributed by atoms with Crippen LogP contribution in [0.5, 0.6) is 5.75 Å². The summed E-state index contributed by atoms with van der Waals surface area (Å²) >= 11 is 0. The molecule has 0 aromatic carbocycles. The van der Waals surface area contributed by atoms with Crippen LogP contribution < -0.4 is 10.5 Å². The van der Waals surface area contributed by atoms with Crippen LogP contribution in [0.15, 0.2) is 24.8 Å². The predicted molar refractivity (Wildman–Crippen MR) is 149 cm³/mol. The molecular weight excluding hydrogens is 494 g/mol. The van der Waals surface area contributed by atoms with Crippen molar-refractivity contribution in [1.82, 2.24) is 29.4 Å². The largest absolute Gasteiger partial charge is 0.487 e. The zero-order chi connectivity index (χ0) is 27.4. The third kappa shape index (κ3) is 5.04. The first kappa shape index (κ1) is 25.6. The number of rotatable bonds is 4. The number of carbonyl (C=O) groups is 1. The molecule has 0 unspecified atom stereocenters. The number of nitrogens with two attached hydrogens (primary N) is 1. The molecule has 39 heavy (non-hydrogen) atoms. The van der Waals surface area contributed by atoms with Crippen molar-refractivity contribution in [2.24, 2.45) is 12.5 Å². The monoisotopic (exact) mass is 531 g/mol. The molecule has 6 rings (SSSR count). The van der Waals surface area contributed by atoms with Gasteiger partial charge in [0.15, 0.2) is 11.6 Å². The van der Waals surface area contributed by atoms with E-state index in [1.54, 1.807) is 12.4 Å². The molecule has 0 bridgehead atoms. The molecule has 0 atom stereocenters. The smallest absolute Gasteiger partial charge is 0.410 e. The summed E-state index contributed by atoms with van der Waals surface area (Å²) in [6.45, 7) is 7.18. The van der Waals surface area contributed by atoms with Crippen molar-refractivity contribution in [2.45, 2.75) is 77.4 Å². The minimum Gasteiger partial charge on any atom is -0.487 e. The highest BCUT2D eigenvalue weighted by molar-refractivity contribution is 6.04. The summed E-state index contributed by atoms with van der Waals surface area (Å²) in [5, 5.41) is 0.776. The molecule has 206 valence electrons. The lowest BCUT2D eigenvalue weighted by molar-refractivity contribution is 0.00895. The number of piperidine rings is 1. The Morgan fingerprint density at radius 3 is 2.41 bits per heavy atom. The molecule has 4 heterocycles. The molecule has 10 heteroatoms. The number of hydrogen-bond donors (Lipinski definition) is 1. The minimum atomic E-state index is -0.479. The number of allylic oxidation sites excluding steroid dienone is 2. The summed E-state index contributed by atoms with van der Waals surface area (Å²) in [7, 11) is 2.02. The van der Waals surface area contributed by atoms with Gasteiger partial charge in [0.1, 0.15) is 23.4 Å². The second kappa shape index (κ2) is 9.50. The number of anilines is 1. The molecule has 3 aliphatic rings. The van der Waals surface area contributed by atoms with Gasteiger partial charge in [0.25, 0.3) is 0 Å². The number of likely N-dealkylation sites (tertiary alicyclic amines) is 1. The van der Waals surface area contributed by atoms with Crippen LogP contribution >= 0.6 is 0 Å². The first-order valence-corrected chi connectivity index (χ1v) is 13.9. The van der Waals surface area contributed by atoms with Crippen LogP contribution in [0.2, 0.25) is 0 Å². The van der Waals surface area contributed by atoms with E-state index in [-0.39, 0.29) is 17.6 Å². The van der Waals surface area contributed by atoms with E-state index in [4.69, 9.17) is 15.2 Å². The van der Waals surface area contributed by atoms with Crippen molar-refractivity contribution >= 4 is 28.5 Å². The Balaban J connectivity index is 1.28. The van der Waals surface area contributed by atoms with Crippen LogP contribution in [0.3, 0.4) is 0 Å². The normalized spacial score (nSPS) is 19.3. The van der Waals surface area contributed by atoms with Gasteiger partial charge in [-0.05, 0) is 76.7 Å². The molecule has 1 spiro atoms. The van der Waals surface area contributed by atoms with Crippen LogP contribution in [0, 0.1) is 5.41 Å². The van der Waals surface area contributed by atoms with Gasteiger partial charge in [-0.25, -0.2) is 24.7 Å². The Bertz CT molecular complexity index is 1430. The average Bonchev–Trinajstić information content (AvgIpc) is 3.67. The highest BCUT2D eigenvalue weighted by atomic mass is 16.6. The highest BCUT2D eigenvalue weighted by Gasteiger charge is 2.39. The molecular formula is C29H37N7O3. The van der Waals surface area contributed by atoms with Crippen molar-refractivity contribution < 1.29 is 14.3 Å². The maximum atomic E-state index is 12.6. The van der Waals surface area contributed by atoms with Crippen LogP contribution in [0.1, 0.15) is 71.4 Å². The number of aromatic nitrogens is 5. The SMILES string of the molecule is Cn1c(C2=CCC3(CC2)CCN(C(=O)OC(C)(C)C)CC3)c(-c2ncc(OC3CC3)cn2)c2c(N)ncnc21. The van der Waals surface area contributed by atoms with Crippen molar-refractivity contribution in [3.8, 4) is 17.1 Å². The molecule has 2 N–H and O–H groups in total. The van der Waals surface area contributed by atoms with Crippen LogP contribution in [-0.4, -0.2) is 60.3 Å². The third-order valence-electron chi connectivity index (χ3n) is 8.16. The number of nitrogens with zero attached hydrogens (tertiary/aromatic N) is 6. The number of carbonyl (C=O) groups excluding carboxylic acids is 1. The molecule has 10 nitrogen and oxygen atoms in total. The number of amides is 1. The van der Waals surface area contributed by atoms with Gasteiger partial charge in [-0.15, -0.1) is 0 Å². The summed E-state index contributed by atoms with van der Waals surface area (Å²) in [4.78, 5) is 32.6. The Morgan fingerprint density at radius 1 is 1.08 bits per heavy atom. The zero-order valence-electron chi connectivity index (χ0n) is 23.2. The average molecular weight is 532 g/mol. The van der Waals surface area contributed by atoms with E-state index in [1.165, 1.54) is 11.9 Å². The van der Waals surface area contributed by atoms with Gasteiger partial charge in [0.05, 0.1) is 35.1 Å². The van der Waals surface area contributed by atoms with Gasteiger partial charge in [-0.2, -0.15) is 0 Å². The summed E-state index contributed by atoms with van der Waals surface area (Å²) in [5.74, 6) is 1.69. The maximum Gasteiger partial charge on any atom is 0.410 e. The molecule has 3 aromatic rings. The summed E-state index contributed by atoms with van der Waals surface area (Å²) in [5.41, 5.74) is 10.0. The van der Waals surface area contributed by atoms with E-state index in [9.17, 15) is 4.79 Å². The van der Waals surface area contributed by atoms with Crippen LogP contribution in [0.4, 0.5) is 10.6 Å². The molecule has 1 amide bonds. The van der Waals surface area contributed by atoms with E-state index < -0.39 is 5.60 Å². The number of ether oxygens (including phenoxy) is 2. The van der Waals surface area contributed by atoms with Crippen LogP contribution in [-0.2, 0) is 11.8 Å². The van der Waals surface area contributed by atoms with Crippen molar-refractivity contribution in [3.63, 3.8) is 0 Å². The number of hydrogen-bond acceptors (Lipinski definition) is 8. The fourth-order valence-corrected chi connectivity index (χ4v) is 5.86. The van der Waals surface area contributed by atoms with Gasteiger partial charge in [-0.1, -0.05) is 6.08 Å². The van der Waals surface area contributed by atoms with Gasteiger partial charge in [0, 0.05) is 20.1 Å². The van der Waals surface area contributed by atoms with Gasteiger partial charge >= 0.3 is 6.09 Å². The number of aryl methyl sites for hydroxylation is 1. The third-order valence-corrected chi connectivity index (χ3v) is 8.16. The lowest BCUT2D eigenvalue weighted by Crippen LogP contribution is -2.45. The lowest BCUT2D eigenvalue weighted by atomic mass is 9.68. The Kier molecular flexibility index (Phi) is 6.23. The molecule has 2 aliphatic carbocycles. The molecule has 3 aromatic heterocycles. The van der Waals surface area contributed by atoms with E-state index >= 15 is 0 Å². The quantitative estimate of drug-likeness (QED) is 0.492. The predicted octanol–water partition coefficient (Wildman–Crippen LogP) is 5.13. The fourth-order valence-electron chi connectivity index (χ4n) is 5.86. The fraction of sp³-hybridized carbons (Fsp3) is 0.552. The summed E-state index contributed by atoms with van der Waals surface area (Å²) in [6.07, 6.45) is 14.5. The first-order chi connectivity index (χ1) is 18.6. The van der Waals surface area contributed by atoms with Crippen molar-refractivity contribution in [1.29, 1.82) is 0 Å². The standard InChI is InChI=1S/C29H37N7O3/c1-28(2,3)39-27(37)36-13-11-29(12-14-36)9-7-18(8-10-29)23-21(22-24(30)33-17-34-26(22)35(23)4)25-31-15-20(16-32-25)38-19-5-6-19/h7,15-17,19H,5-6,8-14H2,1-4H3,(H2,30,33,34). The molecule has 2 fully saturated rings. The summed E-state index contributed by atoms with van der Waals surface area (Å²) in [6, 6.07) is 0. The van der Waals surface area contributed by atoms with E-state index in [0.29, 0.717) is 17.4 Å². The van der Waals surface area contributed by atoms with Crippen molar-refractivity contribution in [2.75, 3.05) is 18.8 Å². The topological polar surface area (TPSA) is 121 Å². The number of nitrogen functional groups attached to an aromatic ring is 1. The highest BCUT2D eigenvalue weighted by Crippen LogP contribution is 2.48. The van der Waals surface area contributed by atoms with Crippen LogP contribution in [0.25, 0.3) is 28.0 Å². The number of fused-ring (bicyclic) bond motifs is 1. The zero-order valence-corrected chi connectivity index (χ0v) is 23.2. The Labute approximate surface area is 228 Å². The Hall–Kier alpha value is -3.69. The van der Waals surface area contributed by atoms with Gasteiger partial charge in [0.2, 0.25) is 0 Å².